The molecule has 3 N–H and O–H groups in total. The Morgan fingerprint density at radius 2 is 1.00 bits per heavy atom. The smallest absolute Gasteiger partial charge is 0.457 e. The van der Waals surface area contributed by atoms with Crippen molar-refractivity contribution in [2.24, 2.45) is 0 Å². The molecule has 0 radical (unpaired) electrons. The molecule has 0 bridgehead atoms. The fraction of sp³-hybridized carbons (Fsp3) is 0.829. The lowest BCUT2D eigenvalue weighted by atomic mass is 10.1. The summed E-state index contributed by atoms with van der Waals surface area (Å²) in [4.78, 5) is 34.2. The number of hydrogen-bond donors (Lipinski definition) is 3. The first-order valence-corrected chi connectivity index (χ1v) is 19.3. The van der Waals surface area contributed by atoms with Crippen molar-refractivity contribution in [3.05, 3.63) is 24.3 Å². The van der Waals surface area contributed by atoms with Crippen LogP contribution in [0.3, 0.4) is 0 Å². The van der Waals surface area contributed by atoms with Gasteiger partial charge in [0.2, 0.25) is 0 Å². The number of unbranched alkanes of at least 4 members (excludes halogenated alkanes) is 15. The number of carbonyl (C=O) groups is 2. The van der Waals surface area contributed by atoms with Crippen molar-refractivity contribution in [2.75, 3.05) is 26.4 Å². The lowest BCUT2D eigenvalue weighted by Crippen LogP contribution is -2.28. The van der Waals surface area contributed by atoms with E-state index < -0.39 is 58.4 Å². The van der Waals surface area contributed by atoms with Crippen LogP contribution in [0.2, 0.25) is 0 Å². The highest BCUT2D eigenvalue weighted by Gasteiger charge is 2.27. The van der Waals surface area contributed by atoms with Crippen LogP contribution in [0.5, 0.6) is 0 Å². The van der Waals surface area contributed by atoms with Crippen molar-refractivity contribution in [1.82, 2.24) is 0 Å². The van der Waals surface area contributed by atoms with Gasteiger partial charge in [-0.05, 0) is 38.5 Å². The van der Waals surface area contributed by atoms with Gasteiger partial charge in [0.15, 0.2) is 0 Å². The predicted octanol–water partition coefficient (Wildman–Crippen LogP) is 8.27. The molecule has 0 aromatic heterocycles. The number of aliphatic hydroxyl groups excluding tert-OH is 2. The van der Waals surface area contributed by atoms with Gasteiger partial charge in [-0.25, -0.2) is 4.57 Å². The summed E-state index contributed by atoms with van der Waals surface area (Å²) in [5.41, 5.74) is 0. The number of carbonyl (C=O) groups excluding carboxylic acids is 2. The minimum atomic E-state index is -4.62. The van der Waals surface area contributed by atoms with Crippen LogP contribution in [0, 0.1) is 0 Å². The fourth-order valence-corrected chi connectivity index (χ4v) is 5.41. The number of allylic oxidation sites excluding steroid dienone is 4. The highest BCUT2D eigenvalue weighted by Crippen LogP contribution is 2.43. The van der Waals surface area contributed by atoms with Gasteiger partial charge in [0.05, 0.1) is 26.4 Å². The van der Waals surface area contributed by atoms with Gasteiger partial charge in [0.1, 0.15) is 12.2 Å². The monoisotopic (exact) mass is 676 g/mol. The molecule has 0 aromatic carbocycles. The van der Waals surface area contributed by atoms with E-state index in [2.05, 4.69) is 38.2 Å². The van der Waals surface area contributed by atoms with E-state index >= 15 is 0 Å². The van der Waals surface area contributed by atoms with Crippen LogP contribution in [-0.4, -0.2) is 65.7 Å². The number of rotatable bonds is 33. The number of ether oxygens (including phenoxy) is 2. The molecule has 46 heavy (non-hydrogen) atoms. The number of esters is 2. The summed E-state index contributed by atoms with van der Waals surface area (Å²) in [6, 6.07) is 0. The minimum Gasteiger partial charge on any atom is -0.457 e. The molecule has 0 rings (SSSR count). The summed E-state index contributed by atoms with van der Waals surface area (Å²) in [5.74, 6) is -1.04. The average molecular weight is 677 g/mol. The molecule has 0 saturated heterocycles. The van der Waals surface area contributed by atoms with E-state index in [1.165, 1.54) is 44.9 Å². The number of hydrogen-bond acceptors (Lipinski definition) is 9. The number of aliphatic hydroxyl groups is 2. The zero-order chi connectivity index (χ0) is 34.1. The summed E-state index contributed by atoms with van der Waals surface area (Å²) in [7, 11) is -4.62. The van der Waals surface area contributed by atoms with Crippen LogP contribution >= 0.6 is 7.82 Å². The maximum atomic E-state index is 12.3. The molecule has 0 aliphatic heterocycles. The Morgan fingerprint density at radius 3 is 1.43 bits per heavy atom. The van der Waals surface area contributed by atoms with E-state index in [0.29, 0.717) is 12.8 Å². The summed E-state index contributed by atoms with van der Waals surface area (Å²) in [6.07, 6.45) is 27.3. The van der Waals surface area contributed by atoms with Crippen molar-refractivity contribution in [2.45, 2.75) is 161 Å². The van der Waals surface area contributed by atoms with E-state index in [-0.39, 0.29) is 12.8 Å². The van der Waals surface area contributed by atoms with E-state index in [4.69, 9.17) is 18.5 Å². The van der Waals surface area contributed by atoms with Crippen molar-refractivity contribution in [3.63, 3.8) is 0 Å². The number of phosphoric ester groups is 1. The third kappa shape index (κ3) is 29.8. The van der Waals surface area contributed by atoms with Crippen molar-refractivity contribution in [1.29, 1.82) is 0 Å². The summed E-state index contributed by atoms with van der Waals surface area (Å²) in [6.45, 7) is 2.08. The predicted molar refractivity (Wildman–Crippen MR) is 182 cm³/mol. The van der Waals surface area contributed by atoms with Gasteiger partial charge in [0, 0.05) is 12.8 Å². The molecule has 11 heteroatoms. The van der Waals surface area contributed by atoms with Crippen LogP contribution in [0.1, 0.15) is 149 Å². The molecule has 0 aromatic rings. The molecule has 0 fully saturated rings. The van der Waals surface area contributed by atoms with Gasteiger partial charge in [-0.15, -0.1) is 0 Å². The Hall–Kier alpha value is -1.55. The molecular formula is C35H65O10P. The van der Waals surface area contributed by atoms with Crippen LogP contribution in [0.15, 0.2) is 24.3 Å². The third-order valence-corrected chi connectivity index (χ3v) is 8.35. The van der Waals surface area contributed by atoms with Crippen molar-refractivity contribution < 1.29 is 47.8 Å². The maximum absolute atomic E-state index is 12.3. The Bertz CT molecular complexity index is 832. The summed E-state index contributed by atoms with van der Waals surface area (Å²) >= 11 is 0. The average Bonchev–Trinajstić information content (AvgIpc) is 3.04. The second kappa shape index (κ2) is 32.0. The van der Waals surface area contributed by atoms with Gasteiger partial charge < -0.3 is 24.6 Å². The topological polar surface area (TPSA) is 149 Å². The number of phosphoric acid groups is 1. The second-order valence-corrected chi connectivity index (χ2v) is 13.3. The normalized spacial score (nSPS) is 14.5. The highest BCUT2D eigenvalue weighted by molar-refractivity contribution is 7.47. The van der Waals surface area contributed by atoms with E-state index in [1.807, 2.05) is 0 Å². The first kappa shape index (κ1) is 44.5. The lowest BCUT2D eigenvalue weighted by Gasteiger charge is -2.20. The standard InChI is InChI=1S/C35H65O10P/c1-3-5-7-9-11-13-15-16-17-19-21-23-25-27-35(39)45-33(29-37)31-43-46(40,41)42-30-32(28-36)44-34(38)26-24-22-20-18-14-12-10-8-6-4-2/h7,9,13,15,32-33,36-37H,3-6,8,10-12,14,16-31H2,1-2H3,(H,40,41)/b9-7-,15-13-. The fourth-order valence-electron chi connectivity index (χ4n) is 4.62. The first-order valence-electron chi connectivity index (χ1n) is 17.8. The zero-order valence-corrected chi connectivity index (χ0v) is 29.7. The van der Waals surface area contributed by atoms with Crippen molar-refractivity contribution in [3.8, 4) is 0 Å². The molecule has 0 saturated carbocycles. The first-order chi connectivity index (χ1) is 22.3. The molecule has 270 valence electrons. The Labute approximate surface area is 278 Å². The third-order valence-electron chi connectivity index (χ3n) is 7.40. The molecular weight excluding hydrogens is 611 g/mol. The van der Waals surface area contributed by atoms with Gasteiger partial charge in [0.25, 0.3) is 0 Å². The Morgan fingerprint density at radius 1 is 0.587 bits per heavy atom. The Kier molecular flexibility index (Phi) is 30.9. The molecule has 0 aliphatic rings. The zero-order valence-electron chi connectivity index (χ0n) is 28.8. The molecule has 3 atom stereocenters. The molecule has 0 spiro atoms. The van der Waals surface area contributed by atoms with Gasteiger partial charge in [-0.2, -0.15) is 0 Å². The molecule has 3 unspecified atom stereocenters. The van der Waals surface area contributed by atoms with E-state index in [9.17, 15) is 29.3 Å². The Balaban J connectivity index is 4.04. The van der Waals surface area contributed by atoms with Gasteiger partial charge in [-0.3, -0.25) is 18.6 Å². The SMILES string of the molecule is CCC/C=C\C/C=C\CCCCCCCC(=O)OC(CO)COP(=O)(O)OCC(CO)OC(=O)CCCCCCCCCCCC. The maximum Gasteiger partial charge on any atom is 0.472 e. The minimum absolute atomic E-state index is 0.177. The summed E-state index contributed by atoms with van der Waals surface area (Å²) < 4.78 is 32.3. The second-order valence-electron chi connectivity index (χ2n) is 11.9. The molecule has 0 heterocycles. The van der Waals surface area contributed by atoms with Crippen LogP contribution in [0.25, 0.3) is 0 Å². The molecule has 0 amide bonds. The van der Waals surface area contributed by atoms with Crippen molar-refractivity contribution >= 4 is 19.8 Å². The van der Waals surface area contributed by atoms with E-state index in [1.54, 1.807) is 0 Å². The summed E-state index contributed by atoms with van der Waals surface area (Å²) in [5, 5.41) is 19.0. The van der Waals surface area contributed by atoms with Crippen LogP contribution in [0.4, 0.5) is 0 Å². The lowest BCUT2D eigenvalue weighted by molar-refractivity contribution is -0.153. The van der Waals surface area contributed by atoms with Crippen LogP contribution < -0.4 is 0 Å². The molecule has 10 nitrogen and oxygen atoms in total. The quantitative estimate of drug-likeness (QED) is 0.0268. The van der Waals surface area contributed by atoms with Gasteiger partial charge in [-0.1, -0.05) is 122 Å². The van der Waals surface area contributed by atoms with Gasteiger partial charge >= 0.3 is 19.8 Å². The highest BCUT2D eigenvalue weighted by atomic mass is 31.2. The largest absolute Gasteiger partial charge is 0.472 e. The van der Waals surface area contributed by atoms with Crippen LogP contribution in [-0.2, 0) is 32.7 Å². The molecule has 0 aliphatic carbocycles. The van der Waals surface area contributed by atoms with E-state index in [0.717, 1.165) is 64.2 Å².